The molecule has 0 atom stereocenters. The highest BCUT2D eigenvalue weighted by molar-refractivity contribution is 6.32. The standard InChI is InChI=1S/C15H10ClN3O4/c16-14-7-11(2-1-10(14)8-17)18-15(20)9-23-13-5-3-12(4-6-13)19(21)22/h1-7H,9H2,(H,18,20). The van der Waals surface area contributed by atoms with Gasteiger partial charge in [-0.1, -0.05) is 11.6 Å². The summed E-state index contributed by atoms with van der Waals surface area (Å²) in [6.07, 6.45) is 0. The molecular formula is C15H10ClN3O4. The summed E-state index contributed by atoms with van der Waals surface area (Å²) in [6.45, 7) is -0.268. The number of nitrogens with one attached hydrogen (secondary N) is 1. The van der Waals surface area contributed by atoms with Crippen LogP contribution in [0.25, 0.3) is 0 Å². The van der Waals surface area contributed by atoms with Gasteiger partial charge in [-0.05, 0) is 30.3 Å². The van der Waals surface area contributed by atoms with Crippen LogP contribution in [0.3, 0.4) is 0 Å². The Morgan fingerprint density at radius 1 is 1.30 bits per heavy atom. The molecule has 0 radical (unpaired) electrons. The van der Waals surface area contributed by atoms with Crippen molar-refractivity contribution < 1.29 is 14.5 Å². The summed E-state index contributed by atoms with van der Waals surface area (Å²) in [7, 11) is 0. The van der Waals surface area contributed by atoms with E-state index in [1.165, 1.54) is 36.4 Å². The Hall–Kier alpha value is -3.11. The van der Waals surface area contributed by atoms with Crippen LogP contribution in [0.1, 0.15) is 5.56 Å². The molecule has 0 aliphatic heterocycles. The van der Waals surface area contributed by atoms with Gasteiger partial charge in [0.05, 0.1) is 15.5 Å². The quantitative estimate of drug-likeness (QED) is 0.669. The Balaban J connectivity index is 1.91. The van der Waals surface area contributed by atoms with Crippen molar-refractivity contribution in [3.63, 3.8) is 0 Å². The molecule has 0 spiro atoms. The van der Waals surface area contributed by atoms with E-state index in [2.05, 4.69) is 5.32 Å². The molecule has 0 heterocycles. The third-order valence-electron chi connectivity index (χ3n) is 2.79. The van der Waals surface area contributed by atoms with Crippen molar-refractivity contribution >= 4 is 28.9 Å². The lowest BCUT2D eigenvalue weighted by molar-refractivity contribution is -0.384. The van der Waals surface area contributed by atoms with E-state index >= 15 is 0 Å². The number of halogens is 1. The number of nitriles is 1. The van der Waals surface area contributed by atoms with E-state index in [4.69, 9.17) is 21.6 Å². The van der Waals surface area contributed by atoms with Crippen molar-refractivity contribution in [2.24, 2.45) is 0 Å². The van der Waals surface area contributed by atoms with Crippen molar-refractivity contribution in [1.29, 1.82) is 5.26 Å². The first kappa shape index (κ1) is 16.3. The molecule has 0 saturated heterocycles. The van der Waals surface area contributed by atoms with Crippen molar-refractivity contribution in [3.05, 3.63) is 63.2 Å². The molecule has 0 aliphatic rings. The summed E-state index contributed by atoms with van der Waals surface area (Å²) in [5.41, 5.74) is 0.687. The molecule has 2 rings (SSSR count). The maximum atomic E-state index is 11.8. The van der Waals surface area contributed by atoms with Crippen LogP contribution in [0.2, 0.25) is 5.02 Å². The summed E-state index contributed by atoms with van der Waals surface area (Å²) in [5.74, 6) is -0.0901. The van der Waals surface area contributed by atoms with Gasteiger partial charge in [-0.2, -0.15) is 5.26 Å². The molecule has 0 aromatic heterocycles. The van der Waals surface area contributed by atoms with Crippen LogP contribution in [-0.2, 0) is 4.79 Å². The fourth-order valence-electron chi connectivity index (χ4n) is 1.69. The number of non-ortho nitro benzene ring substituents is 1. The summed E-state index contributed by atoms with van der Waals surface area (Å²) in [5, 5.41) is 22.1. The van der Waals surface area contributed by atoms with Gasteiger partial charge in [-0.15, -0.1) is 0 Å². The number of hydrogen-bond donors (Lipinski definition) is 1. The van der Waals surface area contributed by atoms with Gasteiger partial charge in [0.25, 0.3) is 11.6 Å². The first-order valence-electron chi connectivity index (χ1n) is 6.36. The van der Waals surface area contributed by atoms with Crippen molar-refractivity contribution in [3.8, 4) is 11.8 Å². The zero-order valence-electron chi connectivity index (χ0n) is 11.7. The fraction of sp³-hybridized carbons (Fsp3) is 0.0667. The highest BCUT2D eigenvalue weighted by atomic mass is 35.5. The highest BCUT2D eigenvalue weighted by Gasteiger charge is 2.08. The summed E-state index contributed by atoms with van der Waals surface area (Å²) < 4.78 is 5.23. The Labute approximate surface area is 136 Å². The maximum Gasteiger partial charge on any atom is 0.269 e. The summed E-state index contributed by atoms with van der Waals surface area (Å²) in [6, 6.07) is 11.8. The van der Waals surface area contributed by atoms with E-state index < -0.39 is 10.8 Å². The smallest absolute Gasteiger partial charge is 0.269 e. The molecule has 0 saturated carbocycles. The number of anilines is 1. The van der Waals surface area contributed by atoms with Gasteiger partial charge in [-0.3, -0.25) is 14.9 Å². The predicted octanol–water partition coefficient (Wildman–Crippen LogP) is 3.14. The number of ether oxygens (including phenoxy) is 1. The van der Waals surface area contributed by atoms with Crippen molar-refractivity contribution in [1.82, 2.24) is 0 Å². The maximum absolute atomic E-state index is 11.8. The lowest BCUT2D eigenvalue weighted by Crippen LogP contribution is -2.20. The van der Waals surface area contributed by atoms with Crippen LogP contribution in [-0.4, -0.2) is 17.4 Å². The minimum Gasteiger partial charge on any atom is -0.484 e. The summed E-state index contributed by atoms with van der Waals surface area (Å²) in [4.78, 5) is 21.8. The van der Waals surface area contributed by atoms with E-state index in [0.29, 0.717) is 17.0 Å². The number of nitro groups is 1. The molecule has 7 nitrogen and oxygen atoms in total. The highest BCUT2D eigenvalue weighted by Crippen LogP contribution is 2.20. The number of nitro benzene ring substituents is 1. The topological polar surface area (TPSA) is 105 Å². The van der Waals surface area contributed by atoms with Crippen molar-refractivity contribution in [2.75, 3.05) is 11.9 Å². The molecule has 8 heteroatoms. The number of nitrogens with zero attached hydrogens (tertiary/aromatic N) is 2. The van der Waals surface area contributed by atoms with Crippen LogP contribution in [0.15, 0.2) is 42.5 Å². The Morgan fingerprint density at radius 2 is 2.00 bits per heavy atom. The monoisotopic (exact) mass is 331 g/mol. The van der Waals surface area contributed by atoms with Gasteiger partial charge in [-0.25, -0.2) is 0 Å². The lowest BCUT2D eigenvalue weighted by atomic mass is 10.2. The summed E-state index contributed by atoms with van der Waals surface area (Å²) >= 11 is 5.87. The Kier molecular flexibility index (Phi) is 5.12. The number of hydrogen-bond acceptors (Lipinski definition) is 5. The van der Waals surface area contributed by atoms with E-state index in [9.17, 15) is 14.9 Å². The number of benzene rings is 2. The molecule has 23 heavy (non-hydrogen) atoms. The minimum absolute atomic E-state index is 0.0611. The van der Waals surface area contributed by atoms with E-state index in [0.717, 1.165) is 0 Å². The van der Waals surface area contributed by atoms with Gasteiger partial charge in [0.1, 0.15) is 11.8 Å². The number of amides is 1. The van der Waals surface area contributed by atoms with Gasteiger partial charge >= 0.3 is 0 Å². The van der Waals surface area contributed by atoms with Gasteiger partial charge in [0.2, 0.25) is 0 Å². The molecule has 2 aromatic carbocycles. The number of carbonyl (C=O) groups is 1. The minimum atomic E-state index is -0.523. The first-order valence-corrected chi connectivity index (χ1v) is 6.74. The molecule has 0 aliphatic carbocycles. The lowest BCUT2D eigenvalue weighted by Gasteiger charge is -2.08. The van der Waals surface area contributed by atoms with Crippen LogP contribution in [0.5, 0.6) is 5.75 Å². The SMILES string of the molecule is N#Cc1ccc(NC(=O)COc2ccc([N+](=O)[O-])cc2)cc1Cl. The molecule has 1 N–H and O–H groups in total. The third-order valence-corrected chi connectivity index (χ3v) is 3.10. The second kappa shape index (κ2) is 7.24. The van der Waals surface area contributed by atoms with Crippen LogP contribution in [0, 0.1) is 21.4 Å². The normalized spacial score (nSPS) is 9.74. The van der Waals surface area contributed by atoms with Gasteiger partial charge in [0.15, 0.2) is 6.61 Å². The fourth-order valence-corrected chi connectivity index (χ4v) is 1.92. The third kappa shape index (κ3) is 4.43. The molecule has 0 unspecified atom stereocenters. The average Bonchev–Trinajstić information content (AvgIpc) is 2.53. The van der Waals surface area contributed by atoms with Gasteiger partial charge in [0, 0.05) is 17.8 Å². The van der Waals surface area contributed by atoms with Gasteiger partial charge < -0.3 is 10.1 Å². The molecule has 0 bridgehead atoms. The van der Waals surface area contributed by atoms with Crippen molar-refractivity contribution in [2.45, 2.75) is 0 Å². The predicted molar refractivity (Wildman–Crippen MR) is 83.4 cm³/mol. The van der Waals surface area contributed by atoms with E-state index in [-0.39, 0.29) is 17.3 Å². The molecule has 1 amide bonds. The number of rotatable bonds is 5. The zero-order chi connectivity index (χ0) is 16.8. The molecular weight excluding hydrogens is 322 g/mol. The van der Waals surface area contributed by atoms with Crippen LogP contribution in [0.4, 0.5) is 11.4 Å². The Morgan fingerprint density at radius 3 is 2.57 bits per heavy atom. The number of carbonyl (C=O) groups excluding carboxylic acids is 1. The first-order chi connectivity index (χ1) is 11.0. The second-order valence-corrected chi connectivity index (χ2v) is 4.80. The molecule has 2 aromatic rings. The van der Waals surface area contributed by atoms with Crippen LogP contribution < -0.4 is 10.1 Å². The molecule has 0 fully saturated rings. The van der Waals surface area contributed by atoms with Crippen LogP contribution >= 0.6 is 11.6 Å². The second-order valence-electron chi connectivity index (χ2n) is 4.39. The largest absolute Gasteiger partial charge is 0.484 e. The van der Waals surface area contributed by atoms with E-state index in [1.54, 1.807) is 6.07 Å². The Bertz CT molecular complexity index is 784. The average molecular weight is 332 g/mol. The zero-order valence-corrected chi connectivity index (χ0v) is 12.4. The van der Waals surface area contributed by atoms with E-state index in [1.807, 2.05) is 6.07 Å². The molecule has 116 valence electrons.